The van der Waals surface area contributed by atoms with Gasteiger partial charge in [-0.1, -0.05) is 23.2 Å². The normalized spacial score (nSPS) is 10.8. The van der Waals surface area contributed by atoms with Crippen molar-refractivity contribution in [3.8, 4) is 17.3 Å². The van der Waals surface area contributed by atoms with E-state index in [2.05, 4.69) is 21.5 Å². The van der Waals surface area contributed by atoms with E-state index < -0.39 is 0 Å². The number of ketones is 1. The molecule has 0 saturated carbocycles. The zero-order chi connectivity index (χ0) is 22.7. The Labute approximate surface area is 194 Å². The van der Waals surface area contributed by atoms with Crippen LogP contribution in [0.4, 0.5) is 5.82 Å². The summed E-state index contributed by atoms with van der Waals surface area (Å²) >= 11 is 12.4. The highest BCUT2D eigenvalue weighted by molar-refractivity contribution is 6.36. The number of benzene rings is 1. The zero-order valence-electron chi connectivity index (χ0n) is 17.1. The fraction of sp³-hybridized carbons (Fsp3) is 0.174. The molecule has 1 aromatic carbocycles. The molecule has 1 N–H and O–H groups in total. The van der Waals surface area contributed by atoms with E-state index in [1.54, 1.807) is 47.2 Å². The lowest BCUT2D eigenvalue weighted by Crippen LogP contribution is -2.08. The minimum absolute atomic E-state index is 0.127. The smallest absolute Gasteiger partial charge is 0.180 e. The maximum atomic E-state index is 11.9. The maximum absolute atomic E-state index is 11.9. The molecule has 0 bridgehead atoms. The molecule has 0 aliphatic carbocycles. The number of nitriles is 1. The molecule has 0 aliphatic heterocycles. The van der Waals surface area contributed by atoms with Crippen molar-refractivity contribution in [2.24, 2.45) is 0 Å². The summed E-state index contributed by atoms with van der Waals surface area (Å²) in [5, 5.41) is 17.6. The van der Waals surface area contributed by atoms with E-state index in [1.165, 1.54) is 6.92 Å². The third-order valence-electron chi connectivity index (χ3n) is 4.88. The predicted octanol–water partition coefficient (Wildman–Crippen LogP) is 5.22. The monoisotopic (exact) mass is 464 g/mol. The van der Waals surface area contributed by atoms with Crippen LogP contribution in [0.15, 0.2) is 48.8 Å². The lowest BCUT2D eigenvalue weighted by atomic mass is 10.1. The Morgan fingerprint density at radius 3 is 2.75 bits per heavy atom. The van der Waals surface area contributed by atoms with Crippen LogP contribution in [0.25, 0.3) is 16.8 Å². The van der Waals surface area contributed by atoms with Gasteiger partial charge in [-0.2, -0.15) is 10.4 Å². The number of nitrogens with zero attached hydrogens (tertiary/aromatic N) is 5. The van der Waals surface area contributed by atoms with Crippen molar-refractivity contribution in [3.63, 3.8) is 0 Å². The SMILES string of the molecule is CC(=O)c1cc2c(NCCCc3ccc(C#N)cn3)nc(-c3ccc(Cl)cc3Cl)cn2n1. The minimum Gasteiger partial charge on any atom is -0.368 e. The summed E-state index contributed by atoms with van der Waals surface area (Å²) in [6, 6.07) is 12.6. The topological polar surface area (TPSA) is 96.0 Å². The fourth-order valence-corrected chi connectivity index (χ4v) is 3.74. The van der Waals surface area contributed by atoms with Crippen LogP contribution in [0.1, 0.15) is 35.1 Å². The maximum Gasteiger partial charge on any atom is 0.180 e. The number of anilines is 1. The van der Waals surface area contributed by atoms with Gasteiger partial charge < -0.3 is 5.32 Å². The summed E-state index contributed by atoms with van der Waals surface area (Å²) in [4.78, 5) is 20.9. The minimum atomic E-state index is -0.127. The number of aromatic nitrogens is 4. The number of pyridine rings is 1. The van der Waals surface area contributed by atoms with Crippen LogP contribution in [0.3, 0.4) is 0 Å². The van der Waals surface area contributed by atoms with Crippen LogP contribution >= 0.6 is 23.2 Å². The second-order valence-corrected chi connectivity index (χ2v) is 8.04. The predicted molar refractivity (Wildman–Crippen MR) is 124 cm³/mol. The van der Waals surface area contributed by atoms with Gasteiger partial charge in [0.25, 0.3) is 0 Å². The first-order valence-corrected chi connectivity index (χ1v) is 10.7. The first-order valence-electron chi connectivity index (χ1n) is 9.90. The van der Waals surface area contributed by atoms with Crippen molar-refractivity contribution in [1.29, 1.82) is 5.26 Å². The average Bonchev–Trinajstić information content (AvgIpc) is 3.22. The number of carbonyl (C=O) groups is 1. The molecule has 7 nitrogen and oxygen atoms in total. The highest BCUT2D eigenvalue weighted by Crippen LogP contribution is 2.31. The Morgan fingerprint density at radius 1 is 1.22 bits per heavy atom. The third kappa shape index (κ3) is 4.72. The van der Waals surface area contributed by atoms with Gasteiger partial charge in [0, 0.05) is 35.9 Å². The Bertz CT molecular complexity index is 1340. The number of hydrogen-bond acceptors (Lipinski definition) is 6. The van der Waals surface area contributed by atoms with Gasteiger partial charge in [-0.25, -0.2) is 9.50 Å². The van der Waals surface area contributed by atoms with Crippen molar-refractivity contribution in [3.05, 3.63) is 75.8 Å². The Kier molecular flexibility index (Phi) is 6.35. The van der Waals surface area contributed by atoms with Crippen molar-refractivity contribution in [2.75, 3.05) is 11.9 Å². The number of aryl methyl sites for hydroxylation is 1. The summed E-state index contributed by atoms with van der Waals surface area (Å²) < 4.78 is 1.63. The molecule has 0 radical (unpaired) electrons. The molecular weight excluding hydrogens is 447 g/mol. The summed E-state index contributed by atoms with van der Waals surface area (Å²) in [5.74, 6) is 0.471. The first kappa shape index (κ1) is 21.8. The second kappa shape index (κ2) is 9.35. The van der Waals surface area contributed by atoms with Crippen LogP contribution in [0.5, 0.6) is 0 Å². The van der Waals surface area contributed by atoms with Gasteiger partial charge in [-0.05, 0) is 49.2 Å². The van der Waals surface area contributed by atoms with Crippen LogP contribution < -0.4 is 5.32 Å². The molecule has 32 heavy (non-hydrogen) atoms. The Balaban J connectivity index is 1.59. The van der Waals surface area contributed by atoms with Crippen molar-refractivity contribution >= 4 is 40.3 Å². The Hall–Kier alpha value is -3.47. The molecule has 160 valence electrons. The number of rotatable bonds is 7. The van der Waals surface area contributed by atoms with Crippen molar-refractivity contribution < 1.29 is 4.79 Å². The van der Waals surface area contributed by atoms with Crippen LogP contribution in [-0.2, 0) is 6.42 Å². The molecule has 0 saturated heterocycles. The first-order chi connectivity index (χ1) is 15.4. The van der Waals surface area contributed by atoms with Gasteiger partial charge in [-0.15, -0.1) is 0 Å². The molecule has 0 spiro atoms. The largest absolute Gasteiger partial charge is 0.368 e. The van der Waals surface area contributed by atoms with Crippen LogP contribution in [0, 0.1) is 11.3 Å². The molecule has 9 heteroatoms. The third-order valence-corrected chi connectivity index (χ3v) is 5.43. The number of Topliss-reactive ketones (excluding diaryl/α,β-unsaturated/α-hetero) is 1. The van der Waals surface area contributed by atoms with Gasteiger partial charge in [-0.3, -0.25) is 9.78 Å². The van der Waals surface area contributed by atoms with Crippen LogP contribution in [-0.4, -0.2) is 31.9 Å². The second-order valence-electron chi connectivity index (χ2n) is 7.19. The summed E-state index contributed by atoms with van der Waals surface area (Å²) in [5.41, 5.74) is 3.82. The van der Waals surface area contributed by atoms with Gasteiger partial charge in [0.05, 0.1) is 22.5 Å². The van der Waals surface area contributed by atoms with E-state index in [4.69, 9.17) is 33.4 Å². The summed E-state index contributed by atoms with van der Waals surface area (Å²) in [7, 11) is 0. The van der Waals surface area contributed by atoms with Crippen LogP contribution in [0.2, 0.25) is 10.0 Å². The highest BCUT2D eigenvalue weighted by atomic mass is 35.5. The van der Waals surface area contributed by atoms with Crippen molar-refractivity contribution in [2.45, 2.75) is 19.8 Å². The molecular formula is C23H18Cl2N6O. The lowest BCUT2D eigenvalue weighted by molar-refractivity contribution is 0.101. The number of fused-ring (bicyclic) bond motifs is 1. The van der Waals surface area contributed by atoms with E-state index in [0.29, 0.717) is 50.4 Å². The quantitative estimate of drug-likeness (QED) is 0.297. The standard InChI is InChI=1S/C23H18Cl2N6O/c1-14(32)20-10-22-23(27-8-2-3-17-6-4-15(11-26)12-28-17)29-21(13-31(22)30-20)18-7-5-16(24)9-19(18)25/h4-7,9-10,12-13H,2-3,8H2,1H3,(H,27,29). The molecule has 0 aliphatic rings. The summed E-state index contributed by atoms with van der Waals surface area (Å²) in [6.07, 6.45) is 4.85. The number of hydrogen-bond donors (Lipinski definition) is 1. The van der Waals surface area contributed by atoms with E-state index in [-0.39, 0.29) is 5.78 Å². The molecule has 3 heterocycles. The number of nitrogens with one attached hydrogen (secondary N) is 1. The van der Waals surface area contributed by atoms with Gasteiger partial charge in [0.15, 0.2) is 11.6 Å². The molecule has 0 fully saturated rings. The van der Waals surface area contributed by atoms with E-state index in [1.807, 2.05) is 6.07 Å². The van der Waals surface area contributed by atoms with Gasteiger partial charge >= 0.3 is 0 Å². The molecule has 4 rings (SSSR count). The molecule has 0 atom stereocenters. The molecule has 3 aromatic heterocycles. The molecule has 0 unspecified atom stereocenters. The zero-order valence-corrected chi connectivity index (χ0v) is 18.7. The van der Waals surface area contributed by atoms with E-state index in [9.17, 15) is 4.79 Å². The average molecular weight is 465 g/mol. The van der Waals surface area contributed by atoms with E-state index >= 15 is 0 Å². The lowest BCUT2D eigenvalue weighted by Gasteiger charge is -2.11. The fourth-order valence-electron chi connectivity index (χ4n) is 3.24. The Morgan fingerprint density at radius 2 is 2.06 bits per heavy atom. The highest BCUT2D eigenvalue weighted by Gasteiger charge is 2.15. The number of carbonyl (C=O) groups excluding carboxylic acids is 1. The molecule has 0 amide bonds. The van der Waals surface area contributed by atoms with Gasteiger partial charge in [0.2, 0.25) is 0 Å². The summed E-state index contributed by atoms with van der Waals surface area (Å²) in [6.45, 7) is 2.10. The number of halogens is 2. The van der Waals surface area contributed by atoms with Gasteiger partial charge in [0.1, 0.15) is 17.3 Å². The molecule has 4 aromatic rings. The van der Waals surface area contributed by atoms with E-state index in [0.717, 1.165) is 18.5 Å². The van der Waals surface area contributed by atoms with Crippen molar-refractivity contribution in [1.82, 2.24) is 19.6 Å².